The quantitative estimate of drug-likeness (QED) is 0.142. The fourth-order valence-corrected chi connectivity index (χ4v) is 9.31. The van der Waals surface area contributed by atoms with Crippen LogP contribution in [0, 0.1) is 30.6 Å². The summed E-state index contributed by atoms with van der Waals surface area (Å²) in [4.78, 5) is 50.1. The lowest BCUT2D eigenvalue weighted by Crippen LogP contribution is -2.39. The first kappa shape index (κ1) is 37.7. The molecule has 12 nitrogen and oxygen atoms in total. The minimum absolute atomic E-state index is 0.0654. The Labute approximate surface area is 309 Å². The lowest BCUT2D eigenvalue weighted by molar-refractivity contribution is -0.139. The molecule has 0 bridgehead atoms. The van der Waals surface area contributed by atoms with E-state index in [-0.39, 0.29) is 23.7 Å². The van der Waals surface area contributed by atoms with E-state index in [1.54, 1.807) is 19.1 Å². The van der Waals surface area contributed by atoms with Gasteiger partial charge in [0.25, 0.3) is 0 Å². The Morgan fingerprint density at radius 1 is 1.08 bits per heavy atom. The van der Waals surface area contributed by atoms with Crippen molar-refractivity contribution < 1.29 is 32.3 Å². The van der Waals surface area contributed by atoms with Gasteiger partial charge in [-0.3, -0.25) is 19.1 Å². The number of allylic oxidation sites excluding steroid dienone is 2. The summed E-state index contributed by atoms with van der Waals surface area (Å²) in [5.41, 5.74) is 9.14. The molecule has 6 rings (SSSR count). The number of hydrogen-bond acceptors (Lipinski definition) is 10. The Morgan fingerprint density at radius 2 is 1.83 bits per heavy atom. The summed E-state index contributed by atoms with van der Waals surface area (Å²) < 4.78 is 38.5. The smallest absolute Gasteiger partial charge is 0.237 e. The Bertz CT molecular complexity index is 1970. The summed E-state index contributed by atoms with van der Waals surface area (Å²) in [6.45, 7) is 6.68. The fraction of sp³-hybridized carbons (Fsp3) is 0.553. The molecule has 2 heterocycles. The zero-order valence-corrected chi connectivity index (χ0v) is 32.1. The van der Waals surface area contributed by atoms with Gasteiger partial charge < -0.3 is 20.1 Å². The number of ether oxygens (including phenoxy) is 2. The molecule has 0 radical (unpaired) electrons. The van der Waals surface area contributed by atoms with E-state index in [1.807, 2.05) is 42.7 Å². The molecular formula is C38H49N5O7S2. The molecular weight excluding hydrogens is 703 g/mol. The number of aromatic nitrogens is 2. The van der Waals surface area contributed by atoms with E-state index in [1.165, 1.54) is 11.3 Å². The molecule has 3 aliphatic rings. The van der Waals surface area contributed by atoms with Gasteiger partial charge in [0, 0.05) is 41.9 Å². The van der Waals surface area contributed by atoms with Crippen LogP contribution < -0.4 is 19.9 Å². The lowest BCUT2D eigenvalue weighted by Gasteiger charge is -2.23. The van der Waals surface area contributed by atoms with Crippen molar-refractivity contribution >= 4 is 50.0 Å². The van der Waals surface area contributed by atoms with Gasteiger partial charge in [-0.15, -0.1) is 11.3 Å². The topological polar surface area (TPSA) is 171 Å². The number of nitrogens with one attached hydrogen (secondary N) is 1. The number of rotatable bonds is 16. The van der Waals surface area contributed by atoms with Gasteiger partial charge in [0.1, 0.15) is 28.3 Å². The summed E-state index contributed by atoms with van der Waals surface area (Å²) in [5.74, 6) is -0.886. The first-order chi connectivity index (χ1) is 24.8. The van der Waals surface area contributed by atoms with E-state index in [0.29, 0.717) is 55.8 Å². The molecule has 3 saturated carbocycles. The largest absolute Gasteiger partial charge is 0.496 e. The number of hydrogen-bond donors (Lipinski definition) is 2. The van der Waals surface area contributed by atoms with Crippen LogP contribution in [0.25, 0.3) is 21.6 Å². The highest BCUT2D eigenvalue weighted by molar-refractivity contribution is 7.90. The van der Waals surface area contributed by atoms with Crippen molar-refractivity contribution in [2.75, 3.05) is 20.7 Å². The third kappa shape index (κ3) is 8.43. The maximum absolute atomic E-state index is 13.7. The highest BCUT2D eigenvalue weighted by Gasteiger charge is 2.45. The van der Waals surface area contributed by atoms with Crippen LogP contribution in [0.1, 0.15) is 82.4 Å². The van der Waals surface area contributed by atoms with Gasteiger partial charge in [-0.1, -0.05) is 26.0 Å². The summed E-state index contributed by atoms with van der Waals surface area (Å²) in [7, 11) is -0.134. The SMILES string of the molecule is COc1ccc2c(O[C@@H]3CC(C(N)=O)[C@H](C(=O)N(C)CCCC/C=C\C4CC4C(=O)NS(=O)(=O)C4CC4)C3)cc(-c3nc(C(C)C)cs3)nc2c1C. The number of nitrogens with zero attached hydrogens (tertiary/aromatic N) is 3. The first-order valence-corrected chi connectivity index (χ1v) is 20.6. The molecule has 3 aromatic rings. The molecule has 1 aromatic carbocycles. The average molecular weight is 752 g/mol. The number of benzene rings is 1. The van der Waals surface area contributed by atoms with Gasteiger partial charge in [0.15, 0.2) is 0 Å². The highest BCUT2D eigenvalue weighted by Crippen LogP contribution is 2.42. The van der Waals surface area contributed by atoms with E-state index >= 15 is 0 Å². The van der Waals surface area contributed by atoms with E-state index in [9.17, 15) is 22.8 Å². The number of nitrogens with two attached hydrogens (primary N) is 1. The number of fused-ring (bicyclic) bond motifs is 1. The number of methoxy groups -OCH3 is 1. The van der Waals surface area contributed by atoms with Crippen LogP contribution in [0.5, 0.6) is 11.5 Å². The number of thiazole rings is 1. The van der Waals surface area contributed by atoms with Crippen LogP contribution in [0.2, 0.25) is 0 Å². The lowest BCUT2D eigenvalue weighted by atomic mass is 9.94. The normalized spacial score (nSPS) is 22.9. The highest BCUT2D eigenvalue weighted by atomic mass is 32.2. The third-order valence-electron chi connectivity index (χ3n) is 10.5. The van der Waals surface area contributed by atoms with Crippen molar-refractivity contribution in [3.05, 3.63) is 47.0 Å². The van der Waals surface area contributed by atoms with Crippen LogP contribution >= 0.6 is 11.3 Å². The van der Waals surface area contributed by atoms with E-state index in [2.05, 4.69) is 18.6 Å². The Balaban J connectivity index is 1.05. The number of aryl methyl sites for hydroxylation is 1. The van der Waals surface area contributed by atoms with Crippen LogP contribution in [-0.4, -0.2) is 73.1 Å². The second kappa shape index (κ2) is 15.5. The Hall–Kier alpha value is -4.04. The predicted octanol–water partition coefficient (Wildman–Crippen LogP) is 5.49. The van der Waals surface area contributed by atoms with Crippen LogP contribution in [0.4, 0.5) is 0 Å². The number of sulfonamides is 1. The van der Waals surface area contributed by atoms with Gasteiger partial charge in [-0.2, -0.15) is 0 Å². The zero-order valence-electron chi connectivity index (χ0n) is 30.5. The zero-order chi connectivity index (χ0) is 37.3. The van der Waals surface area contributed by atoms with Crippen LogP contribution in [0.3, 0.4) is 0 Å². The van der Waals surface area contributed by atoms with Crippen molar-refractivity contribution in [3.63, 3.8) is 0 Å². The van der Waals surface area contributed by atoms with Gasteiger partial charge in [0.05, 0.1) is 35.4 Å². The molecule has 280 valence electrons. The number of carbonyl (C=O) groups excluding carboxylic acids is 3. The predicted molar refractivity (Wildman–Crippen MR) is 200 cm³/mol. The third-order valence-corrected chi connectivity index (χ3v) is 13.2. The molecule has 0 saturated heterocycles. The van der Waals surface area contributed by atoms with Crippen LogP contribution in [-0.2, 0) is 24.4 Å². The standard InChI is InChI=1S/C38H49N5O7S2/c1-21(2)31-20-51-37(41-31)30-19-33(26-13-14-32(49-5)22(3)34(26)40-30)50-24-17-28(35(39)44)29(18-24)38(46)43(4)15-9-7-6-8-10-23-16-27(23)36(45)42-52(47,48)25-11-12-25/h8,10,13-14,19-21,23-25,27-29H,6-7,9,11-12,15-18H2,1-5H3,(H2,39,44)(H,42,45)/b10-8-/t23?,24-,27?,28?,29-/m1/s1. The summed E-state index contributed by atoms with van der Waals surface area (Å²) >= 11 is 1.53. The molecule has 2 aromatic heterocycles. The van der Waals surface area contributed by atoms with E-state index in [4.69, 9.17) is 25.2 Å². The molecule has 0 aliphatic heterocycles. The second-order valence-corrected chi connectivity index (χ2v) is 17.6. The maximum atomic E-state index is 13.7. The number of unbranched alkanes of at least 4 members (excludes halogenated alkanes) is 2. The Morgan fingerprint density at radius 3 is 2.50 bits per heavy atom. The average Bonchev–Trinajstić information content (AvgIpc) is 4.01. The molecule has 3 amide bonds. The molecule has 14 heteroatoms. The minimum atomic E-state index is -3.52. The Kier molecular flexibility index (Phi) is 11.3. The molecule has 5 atom stereocenters. The molecule has 3 unspecified atom stereocenters. The molecule has 3 N–H and O–H groups in total. The number of primary amides is 1. The van der Waals surface area contributed by atoms with Crippen molar-refractivity contribution in [3.8, 4) is 22.2 Å². The van der Waals surface area contributed by atoms with E-state index in [0.717, 1.165) is 46.4 Å². The van der Waals surface area contributed by atoms with Crippen molar-refractivity contribution in [1.29, 1.82) is 0 Å². The van der Waals surface area contributed by atoms with Gasteiger partial charge in [-0.25, -0.2) is 18.4 Å². The van der Waals surface area contributed by atoms with Gasteiger partial charge >= 0.3 is 0 Å². The summed E-state index contributed by atoms with van der Waals surface area (Å²) in [5, 5.41) is 3.22. The molecule has 3 aliphatic carbocycles. The molecule has 0 spiro atoms. The number of pyridine rings is 1. The number of carbonyl (C=O) groups is 3. The fourth-order valence-electron chi connectivity index (χ4n) is 7.01. The summed E-state index contributed by atoms with van der Waals surface area (Å²) in [6, 6.07) is 5.70. The van der Waals surface area contributed by atoms with Crippen LogP contribution in [0.15, 0.2) is 35.7 Å². The summed E-state index contributed by atoms with van der Waals surface area (Å²) in [6.07, 6.45) is 8.58. The second-order valence-electron chi connectivity index (χ2n) is 14.8. The van der Waals surface area contributed by atoms with Crippen molar-refractivity contribution in [2.45, 2.75) is 89.4 Å². The molecule has 3 fully saturated rings. The maximum Gasteiger partial charge on any atom is 0.237 e. The van der Waals surface area contributed by atoms with Crippen molar-refractivity contribution in [2.24, 2.45) is 29.4 Å². The van der Waals surface area contributed by atoms with E-state index < -0.39 is 45.0 Å². The van der Waals surface area contributed by atoms with Gasteiger partial charge in [-0.05, 0) is 82.3 Å². The van der Waals surface area contributed by atoms with Gasteiger partial charge in [0.2, 0.25) is 27.7 Å². The molecule has 52 heavy (non-hydrogen) atoms. The van der Waals surface area contributed by atoms with Crippen molar-refractivity contribution in [1.82, 2.24) is 19.6 Å². The number of amides is 3. The monoisotopic (exact) mass is 751 g/mol. The first-order valence-electron chi connectivity index (χ1n) is 18.1. The minimum Gasteiger partial charge on any atom is -0.496 e.